The molecule has 10 heteroatoms. The first-order valence-electron chi connectivity index (χ1n) is 12.7. The van der Waals surface area contributed by atoms with Gasteiger partial charge in [0, 0.05) is 35.1 Å². The molecule has 2 amide bonds. The molecule has 0 atom stereocenters. The molecule has 37 heavy (non-hydrogen) atoms. The zero-order chi connectivity index (χ0) is 26.2. The smallest absolute Gasteiger partial charge is 0.416 e. The number of fused-ring (bicyclic) bond motifs is 2. The number of piperidine rings is 1. The number of nitrogens with zero attached hydrogens (tertiary/aromatic N) is 3. The molecule has 2 N–H and O–H groups in total. The summed E-state index contributed by atoms with van der Waals surface area (Å²) in [6.07, 6.45) is 5.26. The average Bonchev–Trinajstić information content (AvgIpc) is 3.11. The topological polar surface area (TPSA) is 104 Å². The van der Waals surface area contributed by atoms with Crippen LogP contribution in [0, 0.1) is 0 Å². The minimum absolute atomic E-state index is 0.0660. The Morgan fingerprint density at radius 2 is 2.08 bits per heavy atom. The van der Waals surface area contributed by atoms with E-state index in [1.54, 1.807) is 25.3 Å². The van der Waals surface area contributed by atoms with E-state index in [4.69, 9.17) is 21.1 Å². The average molecular weight is 529 g/mol. The van der Waals surface area contributed by atoms with Crippen LogP contribution in [0.2, 0.25) is 5.02 Å². The fraction of sp³-hybridized carbons (Fsp3) is 0.519. The Bertz CT molecular complexity index is 1150. The molecule has 3 aliphatic heterocycles. The summed E-state index contributed by atoms with van der Waals surface area (Å²) >= 11 is 6.21. The van der Waals surface area contributed by atoms with Crippen LogP contribution in [0.15, 0.2) is 47.2 Å². The Morgan fingerprint density at radius 1 is 1.32 bits per heavy atom. The van der Waals surface area contributed by atoms with Gasteiger partial charge in [-0.1, -0.05) is 24.3 Å². The van der Waals surface area contributed by atoms with Gasteiger partial charge < -0.3 is 24.8 Å². The number of aliphatic hydroxyl groups is 1. The Morgan fingerprint density at radius 3 is 2.78 bits per heavy atom. The van der Waals surface area contributed by atoms with E-state index in [2.05, 4.69) is 21.8 Å². The van der Waals surface area contributed by atoms with Gasteiger partial charge in [0.25, 0.3) is 0 Å². The molecule has 1 aromatic carbocycles. The van der Waals surface area contributed by atoms with E-state index in [0.29, 0.717) is 36.9 Å². The van der Waals surface area contributed by atoms with Gasteiger partial charge in [0.05, 0.1) is 24.2 Å². The van der Waals surface area contributed by atoms with Crippen molar-refractivity contribution in [3.8, 4) is 0 Å². The molecule has 1 saturated heterocycles. The first-order valence-corrected chi connectivity index (χ1v) is 13.1. The van der Waals surface area contributed by atoms with Gasteiger partial charge in [-0.15, -0.1) is 0 Å². The molecule has 1 aromatic rings. The first-order chi connectivity index (χ1) is 17.7. The van der Waals surface area contributed by atoms with Crippen LogP contribution in [-0.4, -0.2) is 84.2 Å². The molecule has 2 fully saturated rings. The van der Waals surface area contributed by atoms with E-state index in [-0.39, 0.29) is 18.6 Å². The fourth-order valence-electron chi connectivity index (χ4n) is 5.76. The number of nitrogens with one attached hydrogen (secondary N) is 1. The van der Waals surface area contributed by atoms with Crippen molar-refractivity contribution in [1.82, 2.24) is 9.80 Å². The van der Waals surface area contributed by atoms with Crippen molar-refractivity contribution in [2.75, 3.05) is 44.8 Å². The van der Waals surface area contributed by atoms with E-state index >= 15 is 0 Å². The van der Waals surface area contributed by atoms with Crippen molar-refractivity contribution in [2.45, 2.75) is 49.7 Å². The second-order valence-electron chi connectivity index (χ2n) is 10.5. The van der Waals surface area contributed by atoms with Gasteiger partial charge in [-0.2, -0.15) is 0 Å². The molecule has 4 aliphatic rings. The normalized spacial score (nSPS) is 27.3. The third kappa shape index (κ3) is 5.05. The van der Waals surface area contributed by atoms with Crippen LogP contribution >= 0.6 is 11.6 Å². The molecule has 0 unspecified atom stereocenters. The quantitative estimate of drug-likeness (QED) is 0.395. The molecule has 0 aromatic heterocycles. The number of carbonyl (C=O) groups excluding carboxylic acids is 2. The summed E-state index contributed by atoms with van der Waals surface area (Å²) < 4.78 is 11.1. The van der Waals surface area contributed by atoms with Gasteiger partial charge in [0.15, 0.2) is 0 Å². The number of cyclic esters (lactones) is 1. The Kier molecular flexibility index (Phi) is 7.15. The van der Waals surface area contributed by atoms with Crippen LogP contribution < -0.4 is 5.32 Å². The number of benzene rings is 1. The summed E-state index contributed by atoms with van der Waals surface area (Å²) in [4.78, 5) is 33.6. The van der Waals surface area contributed by atoms with Crippen molar-refractivity contribution >= 4 is 35.5 Å². The highest BCUT2D eigenvalue weighted by atomic mass is 35.5. The van der Waals surface area contributed by atoms with Gasteiger partial charge in [0.2, 0.25) is 5.91 Å². The zero-order valence-electron chi connectivity index (χ0n) is 21.0. The highest BCUT2D eigenvalue weighted by Gasteiger charge is 2.48. The maximum atomic E-state index is 12.8. The summed E-state index contributed by atoms with van der Waals surface area (Å²) in [6, 6.07) is 5.45. The minimum atomic E-state index is -0.777. The van der Waals surface area contributed by atoms with Crippen molar-refractivity contribution in [3.05, 3.63) is 52.8 Å². The molecule has 0 bridgehead atoms. The highest BCUT2D eigenvalue weighted by molar-refractivity contribution is 6.31. The number of carbonyl (C=O) groups is 2. The lowest BCUT2D eigenvalue weighted by Crippen LogP contribution is -2.56. The molecule has 5 rings (SSSR count). The molecule has 9 nitrogen and oxygen atoms in total. The van der Waals surface area contributed by atoms with Crippen molar-refractivity contribution in [2.24, 2.45) is 4.99 Å². The molecule has 1 aliphatic carbocycles. The number of rotatable bonds is 8. The fourth-order valence-corrected chi connectivity index (χ4v) is 5.94. The predicted molar refractivity (Wildman–Crippen MR) is 141 cm³/mol. The molecular formula is C27H33ClN4O5. The molecule has 0 radical (unpaired) electrons. The van der Waals surface area contributed by atoms with Crippen LogP contribution in [0.5, 0.6) is 0 Å². The van der Waals surface area contributed by atoms with Crippen molar-refractivity contribution in [3.63, 3.8) is 0 Å². The lowest BCUT2D eigenvalue weighted by Gasteiger charge is -2.47. The summed E-state index contributed by atoms with van der Waals surface area (Å²) in [6.45, 7) is 8.88. The maximum absolute atomic E-state index is 12.8. The molecule has 3 heterocycles. The number of anilines is 1. The predicted octanol–water partition coefficient (Wildman–Crippen LogP) is 3.48. The summed E-state index contributed by atoms with van der Waals surface area (Å²) in [5.74, 6) is 0.572. The second-order valence-corrected chi connectivity index (χ2v) is 10.9. The van der Waals surface area contributed by atoms with Crippen LogP contribution in [0.3, 0.4) is 0 Å². The van der Waals surface area contributed by atoms with E-state index in [9.17, 15) is 14.7 Å². The molecular weight excluding hydrogens is 496 g/mol. The second kappa shape index (κ2) is 10.2. The number of ether oxygens (including phenoxy) is 2. The van der Waals surface area contributed by atoms with E-state index in [1.807, 2.05) is 12.1 Å². The number of hydrogen-bond acceptors (Lipinski definition) is 7. The SMILES string of the molecule is C=CC1=C(N=CCOCCN2CCC3(CC2)C(=O)Nc2ccc(Cl)cc23)N(C2CC(C)(O)C2)C(=O)OC1. The Labute approximate surface area is 221 Å². The zero-order valence-corrected chi connectivity index (χ0v) is 21.8. The van der Waals surface area contributed by atoms with E-state index in [0.717, 1.165) is 49.3 Å². The van der Waals surface area contributed by atoms with Crippen molar-refractivity contribution < 1.29 is 24.2 Å². The number of aliphatic imine (C=N–C) groups is 1. The van der Waals surface area contributed by atoms with Gasteiger partial charge in [-0.25, -0.2) is 9.79 Å². The third-order valence-corrected chi connectivity index (χ3v) is 8.11. The molecule has 1 spiro atoms. The first kappa shape index (κ1) is 25.9. The van der Waals surface area contributed by atoms with Crippen LogP contribution in [0.1, 0.15) is 38.2 Å². The monoisotopic (exact) mass is 528 g/mol. The minimum Gasteiger partial charge on any atom is -0.444 e. The lowest BCUT2D eigenvalue weighted by atomic mass is 9.73. The summed E-state index contributed by atoms with van der Waals surface area (Å²) in [5.41, 5.74) is 1.33. The summed E-state index contributed by atoms with van der Waals surface area (Å²) in [7, 11) is 0. The van der Waals surface area contributed by atoms with Gasteiger partial charge >= 0.3 is 6.09 Å². The van der Waals surface area contributed by atoms with Crippen LogP contribution in [-0.2, 0) is 19.7 Å². The van der Waals surface area contributed by atoms with E-state index < -0.39 is 17.1 Å². The Hall–Kier alpha value is -2.72. The van der Waals surface area contributed by atoms with Gasteiger partial charge in [-0.3, -0.25) is 9.69 Å². The summed E-state index contributed by atoms with van der Waals surface area (Å²) in [5, 5.41) is 13.8. The standard InChI is InChI=1S/C27H33ClN4O5/c1-3-18-17-37-25(34)32(20-15-26(2,35)16-20)23(18)29-8-12-36-13-11-31-9-6-27(7-10-31)21-14-19(28)4-5-22(21)30-24(27)33/h3-5,8,14,20,35H,1,6-7,9-13,15-17H2,2H3,(H,30,33). The highest BCUT2D eigenvalue weighted by Crippen LogP contribution is 2.45. The van der Waals surface area contributed by atoms with Crippen molar-refractivity contribution in [1.29, 1.82) is 0 Å². The van der Waals surface area contributed by atoms with E-state index in [1.165, 1.54) is 4.90 Å². The molecule has 1 saturated carbocycles. The van der Waals surface area contributed by atoms with Crippen LogP contribution in [0.25, 0.3) is 0 Å². The number of hydrogen-bond donors (Lipinski definition) is 2. The number of amides is 2. The van der Waals surface area contributed by atoms with Crippen LogP contribution in [0.4, 0.5) is 10.5 Å². The maximum Gasteiger partial charge on any atom is 0.416 e. The van der Waals surface area contributed by atoms with Gasteiger partial charge in [-0.05, 0) is 69.5 Å². The largest absolute Gasteiger partial charge is 0.444 e. The Balaban J connectivity index is 1.10. The number of likely N-dealkylation sites (tertiary alicyclic amines) is 1. The molecule has 198 valence electrons. The third-order valence-electron chi connectivity index (χ3n) is 7.87. The number of halogens is 1. The lowest BCUT2D eigenvalue weighted by molar-refractivity contribution is -0.122. The van der Waals surface area contributed by atoms with Gasteiger partial charge in [0.1, 0.15) is 12.4 Å².